The largest absolute Gasteiger partial charge is 0.135 e. The first-order valence-corrected chi connectivity index (χ1v) is 6.63. The summed E-state index contributed by atoms with van der Waals surface area (Å²) in [5.41, 5.74) is 0. The molecule has 0 N–H and O–H groups in total. The fraction of sp³-hybridized carbons (Fsp3) is 0.333. The van der Waals surface area contributed by atoms with Crippen LogP contribution in [0.15, 0.2) is 20.6 Å². The molecule has 0 unspecified atom stereocenters. The van der Waals surface area contributed by atoms with Crippen molar-refractivity contribution in [1.82, 2.24) is 0 Å². The van der Waals surface area contributed by atoms with E-state index in [4.69, 9.17) is 0 Å². The minimum absolute atomic E-state index is 1.14. The van der Waals surface area contributed by atoms with Crippen LogP contribution in [0.4, 0.5) is 0 Å². The molecule has 1 heterocycles. The number of rotatable bonds is 3. The Morgan fingerprint density at radius 3 is 3.10 bits per heavy atom. The summed E-state index contributed by atoms with van der Waals surface area (Å²) in [5.74, 6) is 1.14. The summed E-state index contributed by atoms with van der Waals surface area (Å²) in [6, 6.07) is 2.15. The second kappa shape index (κ2) is 4.59. The van der Waals surface area contributed by atoms with Crippen molar-refractivity contribution in [1.29, 1.82) is 0 Å². The molecule has 0 atom stereocenters. The normalized spacial score (nSPS) is 10.2. The topological polar surface area (TPSA) is 0 Å². The maximum absolute atomic E-state index is 4.15. The first-order valence-electron chi connectivity index (χ1n) is 2.90. The smallest absolute Gasteiger partial charge is 0.0839 e. The predicted molar refractivity (Wildman–Crippen MR) is 55.6 cm³/mol. The lowest BCUT2D eigenvalue weighted by molar-refractivity contribution is 1.38. The minimum atomic E-state index is 1.14. The molecular formula is C6H8S4. The number of hydrogen-bond acceptors (Lipinski definition) is 4. The lowest BCUT2D eigenvalue weighted by Crippen LogP contribution is -1.66. The molecule has 10 heavy (non-hydrogen) atoms. The zero-order valence-electron chi connectivity index (χ0n) is 5.53. The highest BCUT2D eigenvalue weighted by molar-refractivity contribution is 8.69. The SMILES string of the molecule is CCSc1ccsc1SS. The Kier molecular flexibility index (Phi) is 4.06. The van der Waals surface area contributed by atoms with Crippen LogP contribution in [0, 0.1) is 0 Å². The lowest BCUT2D eigenvalue weighted by atomic mass is 10.7. The van der Waals surface area contributed by atoms with Crippen LogP contribution >= 0.6 is 45.6 Å². The molecule has 0 amide bonds. The number of thioether (sulfide) groups is 1. The first-order chi connectivity index (χ1) is 4.88. The molecule has 1 aromatic rings. The summed E-state index contributed by atoms with van der Waals surface area (Å²) in [4.78, 5) is 1.37. The predicted octanol–water partition coefficient (Wildman–Crippen LogP) is 3.80. The summed E-state index contributed by atoms with van der Waals surface area (Å²) in [7, 11) is 1.53. The highest BCUT2D eigenvalue weighted by Gasteiger charge is 2.01. The summed E-state index contributed by atoms with van der Waals surface area (Å²) in [5, 5.41) is 2.11. The van der Waals surface area contributed by atoms with Gasteiger partial charge in [-0.2, -0.15) is 0 Å². The van der Waals surface area contributed by atoms with Crippen LogP contribution in [-0.4, -0.2) is 5.75 Å². The third-order valence-electron chi connectivity index (χ3n) is 0.978. The van der Waals surface area contributed by atoms with Crippen molar-refractivity contribution < 1.29 is 0 Å². The van der Waals surface area contributed by atoms with Crippen molar-refractivity contribution in [2.24, 2.45) is 0 Å². The molecule has 0 fully saturated rings. The van der Waals surface area contributed by atoms with Crippen molar-refractivity contribution in [3.05, 3.63) is 11.4 Å². The molecule has 4 heteroatoms. The number of hydrogen-bond donors (Lipinski definition) is 1. The fourth-order valence-corrected chi connectivity index (χ4v) is 3.79. The molecule has 0 saturated heterocycles. The highest BCUT2D eigenvalue weighted by Crippen LogP contribution is 2.36. The molecule has 0 bridgehead atoms. The molecule has 0 aromatic carbocycles. The van der Waals surface area contributed by atoms with E-state index in [1.54, 1.807) is 11.3 Å². The second-order valence-corrected chi connectivity index (χ2v) is 5.22. The Morgan fingerprint density at radius 1 is 1.70 bits per heavy atom. The zero-order chi connectivity index (χ0) is 7.40. The molecule has 0 spiro atoms. The van der Waals surface area contributed by atoms with E-state index in [-0.39, 0.29) is 0 Å². The average Bonchev–Trinajstić information content (AvgIpc) is 2.36. The van der Waals surface area contributed by atoms with Crippen LogP contribution in [0.3, 0.4) is 0 Å². The van der Waals surface area contributed by atoms with Crippen LogP contribution in [0.2, 0.25) is 0 Å². The van der Waals surface area contributed by atoms with Gasteiger partial charge in [-0.05, 0) is 28.0 Å². The highest BCUT2D eigenvalue weighted by atomic mass is 33.1. The van der Waals surface area contributed by atoms with Gasteiger partial charge in [0.25, 0.3) is 0 Å². The van der Waals surface area contributed by atoms with Crippen molar-refractivity contribution in [3.63, 3.8) is 0 Å². The van der Waals surface area contributed by atoms with Gasteiger partial charge in [0.2, 0.25) is 0 Å². The molecule has 0 aliphatic rings. The maximum atomic E-state index is 4.15. The third kappa shape index (κ3) is 2.12. The van der Waals surface area contributed by atoms with Crippen LogP contribution in [-0.2, 0) is 0 Å². The van der Waals surface area contributed by atoms with E-state index in [0.29, 0.717) is 0 Å². The van der Waals surface area contributed by atoms with Gasteiger partial charge in [0.1, 0.15) is 0 Å². The van der Waals surface area contributed by atoms with E-state index in [0.717, 1.165) is 5.75 Å². The maximum Gasteiger partial charge on any atom is 0.0839 e. The standard InChI is InChI=1S/C6H8S4/c1-2-8-5-3-4-9-6(5)10-7/h3-4,7H,2H2,1H3. The van der Waals surface area contributed by atoms with E-state index in [1.807, 2.05) is 11.8 Å². The molecule has 1 aromatic heterocycles. The zero-order valence-corrected chi connectivity index (χ0v) is 8.88. The van der Waals surface area contributed by atoms with Crippen LogP contribution in [0.25, 0.3) is 0 Å². The van der Waals surface area contributed by atoms with Crippen molar-refractivity contribution in [2.75, 3.05) is 5.75 Å². The van der Waals surface area contributed by atoms with Gasteiger partial charge < -0.3 is 0 Å². The number of thiol groups is 1. The molecule has 0 nitrogen and oxygen atoms in total. The fourth-order valence-electron chi connectivity index (χ4n) is 0.613. The molecule has 0 saturated carbocycles. The van der Waals surface area contributed by atoms with E-state index in [9.17, 15) is 0 Å². The Hall–Kier alpha value is 0.750. The second-order valence-electron chi connectivity index (χ2n) is 1.60. The lowest BCUT2D eigenvalue weighted by Gasteiger charge is -1.94. The Bertz CT molecular complexity index is 193. The van der Waals surface area contributed by atoms with Crippen LogP contribution in [0.1, 0.15) is 6.92 Å². The third-order valence-corrected chi connectivity index (χ3v) is 4.73. The van der Waals surface area contributed by atoms with Crippen molar-refractivity contribution in [2.45, 2.75) is 16.0 Å². The van der Waals surface area contributed by atoms with E-state index < -0.39 is 0 Å². The molecule has 0 radical (unpaired) electrons. The molecule has 1 rings (SSSR count). The Balaban J connectivity index is 2.70. The van der Waals surface area contributed by atoms with Gasteiger partial charge in [-0.1, -0.05) is 6.92 Å². The molecule has 0 aliphatic heterocycles. The van der Waals surface area contributed by atoms with Crippen molar-refractivity contribution >= 4 is 45.6 Å². The van der Waals surface area contributed by atoms with E-state index in [2.05, 4.69) is 30.0 Å². The Morgan fingerprint density at radius 2 is 2.50 bits per heavy atom. The average molecular weight is 208 g/mol. The van der Waals surface area contributed by atoms with E-state index in [1.165, 1.54) is 19.9 Å². The van der Waals surface area contributed by atoms with E-state index >= 15 is 0 Å². The van der Waals surface area contributed by atoms with Gasteiger partial charge in [0, 0.05) is 4.90 Å². The summed E-state index contributed by atoms with van der Waals surface area (Å²) in [6.45, 7) is 2.16. The van der Waals surface area contributed by atoms with Crippen LogP contribution in [0.5, 0.6) is 0 Å². The van der Waals surface area contributed by atoms with Crippen molar-refractivity contribution in [3.8, 4) is 0 Å². The monoisotopic (exact) mass is 208 g/mol. The number of thiophene rings is 1. The van der Waals surface area contributed by atoms with Gasteiger partial charge in [0.15, 0.2) is 0 Å². The quantitative estimate of drug-likeness (QED) is 0.456. The Labute approximate surface area is 78.6 Å². The molecule has 0 aliphatic carbocycles. The summed E-state index contributed by atoms with van der Waals surface area (Å²) >= 11 is 7.78. The van der Waals surface area contributed by atoms with Gasteiger partial charge >= 0.3 is 0 Å². The summed E-state index contributed by atoms with van der Waals surface area (Å²) < 4.78 is 1.31. The van der Waals surface area contributed by atoms with Gasteiger partial charge in [-0.25, -0.2) is 0 Å². The van der Waals surface area contributed by atoms with Gasteiger partial charge in [0.05, 0.1) is 4.21 Å². The molecular weight excluding hydrogens is 200 g/mol. The van der Waals surface area contributed by atoms with Crippen LogP contribution < -0.4 is 0 Å². The van der Waals surface area contributed by atoms with Gasteiger partial charge in [-0.3, -0.25) is 0 Å². The minimum Gasteiger partial charge on any atom is -0.135 e. The summed E-state index contributed by atoms with van der Waals surface area (Å²) in [6.07, 6.45) is 0. The molecule has 56 valence electrons. The first kappa shape index (κ1) is 8.84. The van der Waals surface area contributed by atoms with Gasteiger partial charge in [-0.15, -0.1) is 34.8 Å².